The van der Waals surface area contributed by atoms with Crippen LogP contribution in [-0.4, -0.2) is 11.0 Å². The molecular weight excluding hydrogens is 276 g/mol. The second kappa shape index (κ2) is 7.10. The van der Waals surface area contributed by atoms with Gasteiger partial charge in [0.15, 0.2) is 0 Å². The zero-order valence-corrected chi connectivity index (χ0v) is 14.1. The van der Waals surface area contributed by atoms with E-state index in [0.29, 0.717) is 0 Å². The lowest BCUT2D eigenvalue weighted by molar-refractivity contribution is 0.644. The van der Waals surface area contributed by atoms with Crippen molar-refractivity contribution in [2.24, 2.45) is 5.73 Å². The van der Waals surface area contributed by atoms with Crippen LogP contribution < -0.4 is 5.73 Å². The summed E-state index contributed by atoms with van der Waals surface area (Å²) in [7, 11) is 0. The topological polar surface area (TPSA) is 38.9 Å². The van der Waals surface area contributed by atoms with Gasteiger partial charge in [0.05, 0.1) is 0 Å². The molecule has 0 spiro atoms. The molecule has 1 aromatic carbocycles. The van der Waals surface area contributed by atoms with Gasteiger partial charge < -0.3 is 5.73 Å². The van der Waals surface area contributed by atoms with Crippen molar-refractivity contribution >= 4 is 11.8 Å². The maximum Gasteiger partial charge on any atom is 0.104 e. The van der Waals surface area contributed by atoms with E-state index in [9.17, 15) is 0 Å². The SMILES string of the molecule is CCC(N)Cc1cnc(Sc2cc(C)ccc2C)c(C)c1. The van der Waals surface area contributed by atoms with Crippen LogP contribution in [0.2, 0.25) is 0 Å². The molecule has 0 bridgehead atoms. The Morgan fingerprint density at radius 2 is 1.90 bits per heavy atom. The van der Waals surface area contributed by atoms with Crippen molar-refractivity contribution < 1.29 is 0 Å². The molecule has 112 valence electrons. The number of hydrogen-bond donors (Lipinski definition) is 1. The standard InChI is InChI=1S/C18H24N2S/c1-5-16(19)10-15-9-14(4)18(20-11-15)21-17-8-12(2)6-7-13(17)3/h6-9,11,16H,5,10,19H2,1-4H3. The van der Waals surface area contributed by atoms with Gasteiger partial charge in [0, 0.05) is 17.1 Å². The summed E-state index contributed by atoms with van der Waals surface area (Å²) in [6.07, 6.45) is 3.87. The van der Waals surface area contributed by atoms with E-state index in [4.69, 9.17) is 5.73 Å². The fourth-order valence-corrected chi connectivity index (χ4v) is 3.21. The van der Waals surface area contributed by atoms with Gasteiger partial charge >= 0.3 is 0 Å². The summed E-state index contributed by atoms with van der Waals surface area (Å²) in [6, 6.07) is 8.98. The van der Waals surface area contributed by atoms with Gasteiger partial charge in [0.1, 0.15) is 5.03 Å². The van der Waals surface area contributed by atoms with Gasteiger partial charge in [-0.2, -0.15) is 0 Å². The first-order valence-electron chi connectivity index (χ1n) is 7.45. The first kappa shape index (κ1) is 16.1. The molecule has 2 N–H and O–H groups in total. The number of hydrogen-bond acceptors (Lipinski definition) is 3. The van der Waals surface area contributed by atoms with Gasteiger partial charge in [-0.25, -0.2) is 4.98 Å². The van der Waals surface area contributed by atoms with E-state index in [1.165, 1.54) is 27.1 Å². The lowest BCUT2D eigenvalue weighted by Gasteiger charge is -2.12. The molecule has 1 aromatic heterocycles. The van der Waals surface area contributed by atoms with Crippen LogP contribution in [0.5, 0.6) is 0 Å². The largest absolute Gasteiger partial charge is 0.327 e. The molecule has 2 aromatic rings. The highest BCUT2D eigenvalue weighted by Crippen LogP contribution is 2.31. The van der Waals surface area contributed by atoms with Crippen LogP contribution in [0.3, 0.4) is 0 Å². The Kier molecular flexibility index (Phi) is 5.43. The van der Waals surface area contributed by atoms with Crippen LogP contribution in [0.15, 0.2) is 40.4 Å². The Labute approximate surface area is 132 Å². The van der Waals surface area contributed by atoms with Crippen molar-refractivity contribution in [1.82, 2.24) is 4.98 Å². The normalized spacial score (nSPS) is 12.4. The summed E-state index contributed by atoms with van der Waals surface area (Å²) in [5.74, 6) is 0. The number of pyridine rings is 1. The zero-order chi connectivity index (χ0) is 15.4. The van der Waals surface area contributed by atoms with Crippen LogP contribution in [0, 0.1) is 20.8 Å². The number of nitrogens with two attached hydrogens (primary N) is 1. The molecule has 0 radical (unpaired) electrons. The van der Waals surface area contributed by atoms with E-state index < -0.39 is 0 Å². The minimum Gasteiger partial charge on any atom is -0.327 e. The highest BCUT2D eigenvalue weighted by molar-refractivity contribution is 7.99. The monoisotopic (exact) mass is 300 g/mol. The average molecular weight is 300 g/mol. The van der Waals surface area contributed by atoms with Gasteiger partial charge in [-0.15, -0.1) is 0 Å². The van der Waals surface area contributed by atoms with Crippen molar-refractivity contribution in [3.05, 3.63) is 52.7 Å². The maximum absolute atomic E-state index is 6.02. The second-order valence-corrected chi connectivity index (χ2v) is 6.74. The van der Waals surface area contributed by atoms with Crippen molar-refractivity contribution in [2.45, 2.75) is 56.5 Å². The fraction of sp³-hybridized carbons (Fsp3) is 0.389. The predicted octanol–water partition coefficient (Wildman–Crippen LogP) is 4.44. The molecule has 0 aliphatic carbocycles. The molecule has 2 nitrogen and oxygen atoms in total. The first-order chi connectivity index (χ1) is 9.99. The summed E-state index contributed by atoms with van der Waals surface area (Å²) >= 11 is 1.75. The Morgan fingerprint density at radius 1 is 1.14 bits per heavy atom. The van der Waals surface area contributed by atoms with Gasteiger partial charge in [0.2, 0.25) is 0 Å². The second-order valence-electron chi connectivity index (χ2n) is 5.71. The molecule has 0 saturated heterocycles. The van der Waals surface area contributed by atoms with Crippen molar-refractivity contribution in [3.8, 4) is 0 Å². The zero-order valence-electron chi connectivity index (χ0n) is 13.3. The molecule has 3 heteroatoms. The van der Waals surface area contributed by atoms with Crippen molar-refractivity contribution in [1.29, 1.82) is 0 Å². The summed E-state index contributed by atoms with van der Waals surface area (Å²) < 4.78 is 0. The Hall–Kier alpha value is -1.32. The molecule has 1 heterocycles. The molecule has 2 rings (SSSR count). The summed E-state index contributed by atoms with van der Waals surface area (Å²) in [5.41, 5.74) is 11.1. The number of rotatable bonds is 5. The van der Waals surface area contributed by atoms with E-state index in [0.717, 1.165) is 17.9 Å². The van der Waals surface area contributed by atoms with E-state index in [1.54, 1.807) is 11.8 Å². The molecule has 0 fully saturated rings. The summed E-state index contributed by atoms with van der Waals surface area (Å²) in [6.45, 7) is 8.52. The van der Waals surface area contributed by atoms with E-state index in [-0.39, 0.29) is 6.04 Å². The van der Waals surface area contributed by atoms with Crippen LogP contribution >= 0.6 is 11.8 Å². The number of benzene rings is 1. The minimum absolute atomic E-state index is 0.226. The highest BCUT2D eigenvalue weighted by atomic mass is 32.2. The van der Waals surface area contributed by atoms with Crippen molar-refractivity contribution in [3.63, 3.8) is 0 Å². The molecule has 1 atom stereocenters. The Bertz CT molecular complexity index is 623. The maximum atomic E-state index is 6.02. The highest BCUT2D eigenvalue weighted by Gasteiger charge is 2.08. The molecule has 0 saturated carbocycles. The van der Waals surface area contributed by atoms with Gasteiger partial charge in [0.25, 0.3) is 0 Å². The quantitative estimate of drug-likeness (QED) is 0.887. The third kappa shape index (κ3) is 4.32. The minimum atomic E-state index is 0.226. The van der Waals surface area contributed by atoms with Gasteiger partial charge in [-0.05, 0) is 61.9 Å². The number of aryl methyl sites for hydroxylation is 3. The van der Waals surface area contributed by atoms with E-state index >= 15 is 0 Å². The molecule has 0 aliphatic rings. The van der Waals surface area contributed by atoms with Gasteiger partial charge in [-0.3, -0.25) is 0 Å². The van der Waals surface area contributed by atoms with Crippen LogP contribution in [-0.2, 0) is 6.42 Å². The third-order valence-corrected chi connectivity index (χ3v) is 4.94. The average Bonchev–Trinajstić information content (AvgIpc) is 2.45. The Balaban J connectivity index is 2.19. The Morgan fingerprint density at radius 3 is 2.57 bits per heavy atom. The first-order valence-corrected chi connectivity index (χ1v) is 8.27. The number of nitrogens with zero attached hydrogens (tertiary/aromatic N) is 1. The number of aromatic nitrogens is 1. The molecular formula is C18H24N2S. The predicted molar refractivity (Wildman–Crippen MR) is 91.0 cm³/mol. The smallest absolute Gasteiger partial charge is 0.104 e. The third-order valence-electron chi connectivity index (χ3n) is 3.66. The lowest BCUT2D eigenvalue weighted by atomic mass is 10.1. The molecule has 1 unspecified atom stereocenters. The fourth-order valence-electron chi connectivity index (χ4n) is 2.21. The van der Waals surface area contributed by atoms with Crippen molar-refractivity contribution in [2.75, 3.05) is 0 Å². The molecule has 0 amide bonds. The molecule has 0 aliphatic heterocycles. The van der Waals surface area contributed by atoms with Crippen LogP contribution in [0.25, 0.3) is 0 Å². The lowest BCUT2D eigenvalue weighted by Crippen LogP contribution is -2.21. The molecule has 21 heavy (non-hydrogen) atoms. The van der Waals surface area contributed by atoms with Crippen LogP contribution in [0.4, 0.5) is 0 Å². The van der Waals surface area contributed by atoms with Gasteiger partial charge in [-0.1, -0.05) is 36.9 Å². The van der Waals surface area contributed by atoms with E-state index in [2.05, 4.69) is 56.9 Å². The van der Waals surface area contributed by atoms with E-state index in [1.807, 2.05) is 6.20 Å². The van der Waals surface area contributed by atoms with Crippen LogP contribution in [0.1, 0.15) is 35.6 Å². The summed E-state index contributed by atoms with van der Waals surface area (Å²) in [5, 5.41) is 1.08. The summed E-state index contributed by atoms with van der Waals surface area (Å²) in [4.78, 5) is 5.92.